The summed E-state index contributed by atoms with van der Waals surface area (Å²) in [5.41, 5.74) is 3.16. The van der Waals surface area contributed by atoms with Crippen molar-refractivity contribution >= 4 is 17.2 Å². The standard InChI is InChI=1S/C10H15N3OS/c1-2-3-7-12-8(6-4-5-6)9(15-7)10(14)13-11/h6H,2-5,11H2,1H3,(H,13,14). The number of hydrazine groups is 1. The predicted molar refractivity (Wildman–Crippen MR) is 59.7 cm³/mol. The van der Waals surface area contributed by atoms with E-state index >= 15 is 0 Å². The molecule has 3 N–H and O–H groups in total. The van der Waals surface area contributed by atoms with Gasteiger partial charge in [0.25, 0.3) is 5.91 Å². The zero-order valence-electron chi connectivity index (χ0n) is 8.75. The molecule has 0 spiro atoms. The van der Waals surface area contributed by atoms with Gasteiger partial charge in [-0.2, -0.15) is 0 Å². The number of thiazole rings is 1. The van der Waals surface area contributed by atoms with E-state index < -0.39 is 0 Å². The number of nitrogens with one attached hydrogen (secondary N) is 1. The van der Waals surface area contributed by atoms with Gasteiger partial charge in [-0.25, -0.2) is 10.8 Å². The average Bonchev–Trinajstić information content (AvgIpc) is 3.00. The number of aromatic nitrogens is 1. The Morgan fingerprint density at radius 2 is 2.40 bits per heavy atom. The van der Waals surface area contributed by atoms with Crippen molar-refractivity contribution in [3.05, 3.63) is 15.6 Å². The van der Waals surface area contributed by atoms with Crippen LogP contribution in [0.2, 0.25) is 0 Å². The maximum absolute atomic E-state index is 11.5. The van der Waals surface area contributed by atoms with Crippen LogP contribution in [0.15, 0.2) is 0 Å². The number of aryl methyl sites for hydroxylation is 1. The number of rotatable bonds is 4. The van der Waals surface area contributed by atoms with E-state index in [0.717, 1.165) is 36.4 Å². The van der Waals surface area contributed by atoms with Crippen molar-refractivity contribution in [2.24, 2.45) is 5.84 Å². The molecule has 0 aliphatic heterocycles. The monoisotopic (exact) mass is 225 g/mol. The second-order valence-electron chi connectivity index (χ2n) is 3.82. The smallest absolute Gasteiger partial charge is 0.277 e. The highest BCUT2D eigenvalue weighted by Gasteiger charge is 2.31. The number of nitrogens with two attached hydrogens (primary N) is 1. The molecular weight excluding hydrogens is 210 g/mol. The highest BCUT2D eigenvalue weighted by molar-refractivity contribution is 7.13. The molecule has 1 heterocycles. The first-order valence-electron chi connectivity index (χ1n) is 5.26. The molecule has 1 fully saturated rings. The van der Waals surface area contributed by atoms with Crippen LogP contribution in [-0.2, 0) is 6.42 Å². The van der Waals surface area contributed by atoms with Crippen LogP contribution in [-0.4, -0.2) is 10.9 Å². The van der Waals surface area contributed by atoms with E-state index in [1.165, 1.54) is 11.3 Å². The molecule has 1 aliphatic rings. The van der Waals surface area contributed by atoms with Gasteiger partial charge in [0, 0.05) is 5.92 Å². The molecular formula is C10H15N3OS. The Morgan fingerprint density at radius 3 is 2.93 bits per heavy atom. The highest BCUT2D eigenvalue weighted by atomic mass is 32.1. The topological polar surface area (TPSA) is 68.0 Å². The van der Waals surface area contributed by atoms with E-state index in [2.05, 4.69) is 17.3 Å². The van der Waals surface area contributed by atoms with E-state index in [-0.39, 0.29) is 5.91 Å². The summed E-state index contributed by atoms with van der Waals surface area (Å²) >= 11 is 1.48. The lowest BCUT2D eigenvalue weighted by atomic mass is 10.2. The third kappa shape index (κ3) is 2.18. The highest BCUT2D eigenvalue weighted by Crippen LogP contribution is 2.42. The van der Waals surface area contributed by atoms with E-state index in [4.69, 9.17) is 5.84 Å². The zero-order chi connectivity index (χ0) is 10.8. The molecule has 0 unspecified atom stereocenters. The lowest BCUT2D eigenvalue weighted by molar-refractivity contribution is 0.0956. The molecule has 5 heteroatoms. The first-order valence-corrected chi connectivity index (χ1v) is 6.08. The largest absolute Gasteiger partial charge is 0.289 e. The van der Waals surface area contributed by atoms with E-state index in [9.17, 15) is 4.79 Å². The fourth-order valence-electron chi connectivity index (χ4n) is 1.56. The molecule has 0 radical (unpaired) electrons. The van der Waals surface area contributed by atoms with Crippen LogP contribution in [0, 0.1) is 0 Å². The number of nitrogens with zero attached hydrogens (tertiary/aromatic N) is 1. The van der Waals surface area contributed by atoms with Crippen LogP contribution in [0.3, 0.4) is 0 Å². The summed E-state index contributed by atoms with van der Waals surface area (Å²) in [7, 11) is 0. The molecule has 82 valence electrons. The Morgan fingerprint density at radius 1 is 1.67 bits per heavy atom. The van der Waals surface area contributed by atoms with Gasteiger partial charge in [-0.3, -0.25) is 10.2 Å². The number of carbonyl (C=O) groups is 1. The molecule has 1 saturated carbocycles. The Bertz CT molecular complexity index is 371. The number of nitrogen functional groups attached to an aromatic ring is 1. The number of hydrogen-bond donors (Lipinski definition) is 2. The van der Waals surface area contributed by atoms with Gasteiger partial charge in [-0.05, 0) is 25.7 Å². The minimum absolute atomic E-state index is 0.197. The molecule has 1 aromatic rings. The molecule has 4 nitrogen and oxygen atoms in total. The van der Waals surface area contributed by atoms with Gasteiger partial charge in [-0.15, -0.1) is 11.3 Å². The molecule has 0 atom stereocenters. The molecule has 0 saturated heterocycles. The fourth-order valence-corrected chi connectivity index (χ4v) is 2.71. The fraction of sp³-hybridized carbons (Fsp3) is 0.600. The van der Waals surface area contributed by atoms with Gasteiger partial charge >= 0.3 is 0 Å². The van der Waals surface area contributed by atoms with Gasteiger partial charge < -0.3 is 0 Å². The third-order valence-corrected chi connectivity index (χ3v) is 3.59. The second kappa shape index (κ2) is 4.28. The molecule has 15 heavy (non-hydrogen) atoms. The Hall–Kier alpha value is -0.940. The summed E-state index contributed by atoms with van der Waals surface area (Å²) in [5.74, 6) is 5.46. The summed E-state index contributed by atoms with van der Waals surface area (Å²) in [6.45, 7) is 2.11. The van der Waals surface area contributed by atoms with Crippen molar-refractivity contribution in [1.29, 1.82) is 0 Å². The van der Waals surface area contributed by atoms with E-state index in [0.29, 0.717) is 10.8 Å². The summed E-state index contributed by atoms with van der Waals surface area (Å²) in [6, 6.07) is 0. The Labute approximate surface area is 92.9 Å². The average molecular weight is 225 g/mol. The lowest BCUT2D eigenvalue weighted by Gasteiger charge is -1.97. The quantitative estimate of drug-likeness (QED) is 0.464. The molecule has 2 rings (SSSR count). The molecule has 1 amide bonds. The third-order valence-electron chi connectivity index (χ3n) is 2.46. The summed E-state index contributed by atoms with van der Waals surface area (Å²) in [6.07, 6.45) is 4.31. The zero-order valence-corrected chi connectivity index (χ0v) is 9.56. The molecule has 0 bridgehead atoms. The molecule has 1 aliphatic carbocycles. The van der Waals surface area contributed by atoms with Crippen LogP contribution in [0.4, 0.5) is 0 Å². The van der Waals surface area contributed by atoms with Crippen molar-refractivity contribution in [3.63, 3.8) is 0 Å². The van der Waals surface area contributed by atoms with Crippen LogP contribution >= 0.6 is 11.3 Å². The Kier molecular flexibility index (Phi) is 3.02. The van der Waals surface area contributed by atoms with Crippen LogP contribution in [0.1, 0.15) is 52.5 Å². The minimum atomic E-state index is -0.197. The van der Waals surface area contributed by atoms with Crippen molar-refractivity contribution in [3.8, 4) is 0 Å². The van der Waals surface area contributed by atoms with E-state index in [1.807, 2.05) is 0 Å². The number of carbonyl (C=O) groups excluding carboxylic acids is 1. The molecule has 1 aromatic heterocycles. The first kappa shape index (κ1) is 10.6. The van der Waals surface area contributed by atoms with Crippen LogP contribution in [0.5, 0.6) is 0 Å². The molecule has 0 aromatic carbocycles. The lowest BCUT2D eigenvalue weighted by Crippen LogP contribution is -2.30. The summed E-state index contributed by atoms with van der Waals surface area (Å²) in [5, 5.41) is 1.05. The van der Waals surface area contributed by atoms with Gasteiger partial charge in [0.15, 0.2) is 0 Å². The SMILES string of the molecule is CCCc1nc(C2CC2)c(C(=O)NN)s1. The van der Waals surface area contributed by atoms with Gasteiger partial charge in [0.05, 0.1) is 10.7 Å². The van der Waals surface area contributed by atoms with Crippen molar-refractivity contribution in [2.45, 2.75) is 38.5 Å². The van der Waals surface area contributed by atoms with Gasteiger partial charge in [0.1, 0.15) is 4.88 Å². The van der Waals surface area contributed by atoms with Crippen LogP contribution < -0.4 is 11.3 Å². The van der Waals surface area contributed by atoms with Crippen molar-refractivity contribution < 1.29 is 4.79 Å². The summed E-state index contributed by atoms with van der Waals surface area (Å²) in [4.78, 5) is 16.8. The number of amides is 1. The maximum Gasteiger partial charge on any atom is 0.277 e. The number of hydrogen-bond acceptors (Lipinski definition) is 4. The normalized spacial score (nSPS) is 15.3. The first-order chi connectivity index (χ1) is 7.26. The van der Waals surface area contributed by atoms with Crippen molar-refractivity contribution in [2.75, 3.05) is 0 Å². The Balaban J connectivity index is 2.28. The van der Waals surface area contributed by atoms with Gasteiger partial charge in [0.2, 0.25) is 0 Å². The maximum atomic E-state index is 11.5. The second-order valence-corrected chi connectivity index (χ2v) is 4.90. The summed E-state index contributed by atoms with van der Waals surface area (Å²) < 4.78 is 0. The van der Waals surface area contributed by atoms with Crippen molar-refractivity contribution in [1.82, 2.24) is 10.4 Å². The van der Waals surface area contributed by atoms with E-state index in [1.54, 1.807) is 0 Å². The van der Waals surface area contributed by atoms with Crippen LogP contribution in [0.25, 0.3) is 0 Å². The predicted octanol–water partition coefficient (Wildman–Crippen LogP) is 1.58. The van der Waals surface area contributed by atoms with Gasteiger partial charge in [-0.1, -0.05) is 6.92 Å². The minimum Gasteiger partial charge on any atom is -0.289 e.